The molecule has 1 aromatic heterocycles. The van der Waals surface area contributed by atoms with Crippen LogP contribution in [-0.4, -0.2) is 44.7 Å². The first-order valence-corrected chi connectivity index (χ1v) is 7.26. The summed E-state index contributed by atoms with van der Waals surface area (Å²) in [5.41, 5.74) is 0.546. The lowest BCUT2D eigenvalue weighted by atomic mass is 9.93. The van der Waals surface area contributed by atoms with Crippen molar-refractivity contribution in [3.05, 3.63) is 23.7 Å². The molecule has 1 saturated heterocycles. The smallest absolute Gasteiger partial charge is 0.341 e. The molecule has 0 spiro atoms. The van der Waals surface area contributed by atoms with Gasteiger partial charge in [-0.2, -0.15) is 0 Å². The lowest BCUT2D eigenvalue weighted by Crippen LogP contribution is -2.34. The second kappa shape index (κ2) is 7.45. The molecule has 2 heterocycles. The van der Waals surface area contributed by atoms with Gasteiger partial charge in [0.05, 0.1) is 19.9 Å². The van der Waals surface area contributed by atoms with Crippen molar-refractivity contribution in [1.29, 1.82) is 0 Å². The molecule has 1 fully saturated rings. The summed E-state index contributed by atoms with van der Waals surface area (Å²) in [6, 6.07) is 1.68. The molecule has 0 saturated carbocycles. The van der Waals surface area contributed by atoms with E-state index in [4.69, 9.17) is 9.15 Å². The highest BCUT2D eigenvalue weighted by molar-refractivity contribution is 5.90. The lowest BCUT2D eigenvalue weighted by Gasteiger charge is -2.31. The van der Waals surface area contributed by atoms with Crippen molar-refractivity contribution >= 4 is 5.97 Å². The van der Waals surface area contributed by atoms with E-state index in [2.05, 4.69) is 10.2 Å². The topological polar surface area (TPSA) is 54.7 Å². The molecule has 1 aromatic rings. The zero-order valence-electron chi connectivity index (χ0n) is 12.4. The lowest BCUT2D eigenvalue weighted by molar-refractivity contribution is 0.0595. The summed E-state index contributed by atoms with van der Waals surface area (Å²) in [4.78, 5) is 13.9. The van der Waals surface area contributed by atoms with Gasteiger partial charge in [0, 0.05) is 0 Å². The van der Waals surface area contributed by atoms with Crippen molar-refractivity contribution in [3.63, 3.8) is 0 Å². The summed E-state index contributed by atoms with van der Waals surface area (Å²) in [5, 5.41) is 3.21. The Morgan fingerprint density at radius 1 is 1.50 bits per heavy atom. The molecule has 1 aliphatic rings. The summed E-state index contributed by atoms with van der Waals surface area (Å²) in [6.07, 6.45) is 5.24. The number of carbonyl (C=O) groups is 1. The summed E-state index contributed by atoms with van der Waals surface area (Å²) in [6.45, 7) is 3.91. The first-order valence-electron chi connectivity index (χ1n) is 7.26. The molecule has 2 rings (SSSR count). The van der Waals surface area contributed by atoms with Gasteiger partial charge in [-0.15, -0.1) is 0 Å². The SMILES string of the molecule is CNCCC1CCN(Cc2occc2C(=O)OC)CC1. The van der Waals surface area contributed by atoms with Crippen molar-refractivity contribution in [2.75, 3.05) is 33.8 Å². The minimum atomic E-state index is -0.322. The number of hydrogen-bond acceptors (Lipinski definition) is 5. The van der Waals surface area contributed by atoms with E-state index in [-0.39, 0.29) is 5.97 Å². The van der Waals surface area contributed by atoms with Gasteiger partial charge in [0.2, 0.25) is 0 Å². The first kappa shape index (κ1) is 15.1. The van der Waals surface area contributed by atoms with Gasteiger partial charge in [-0.3, -0.25) is 4.90 Å². The van der Waals surface area contributed by atoms with Crippen LogP contribution < -0.4 is 5.32 Å². The molecule has 0 aliphatic carbocycles. The van der Waals surface area contributed by atoms with Crippen LogP contribution in [0.5, 0.6) is 0 Å². The summed E-state index contributed by atoms with van der Waals surface area (Å²) in [7, 11) is 3.40. The summed E-state index contributed by atoms with van der Waals surface area (Å²) in [5.74, 6) is 1.21. The molecule has 5 nitrogen and oxygen atoms in total. The Balaban J connectivity index is 1.84. The van der Waals surface area contributed by atoms with Gasteiger partial charge in [-0.05, 0) is 57.9 Å². The maximum Gasteiger partial charge on any atom is 0.341 e. The van der Waals surface area contributed by atoms with Gasteiger partial charge < -0.3 is 14.5 Å². The number of esters is 1. The molecule has 0 unspecified atom stereocenters. The molecular weight excluding hydrogens is 256 g/mol. The predicted octanol–water partition coefficient (Wildman–Crippen LogP) is 1.89. The average Bonchev–Trinajstić information content (AvgIpc) is 2.94. The van der Waals surface area contributed by atoms with Gasteiger partial charge in [-0.1, -0.05) is 0 Å². The minimum Gasteiger partial charge on any atom is -0.467 e. The Bertz CT molecular complexity index is 423. The molecule has 112 valence electrons. The highest BCUT2D eigenvalue weighted by Gasteiger charge is 2.22. The van der Waals surface area contributed by atoms with Crippen LogP contribution in [0.3, 0.4) is 0 Å². The van der Waals surface area contributed by atoms with E-state index in [1.807, 2.05) is 7.05 Å². The van der Waals surface area contributed by atoms with Crippen molar-refractivity contribution in [3.8, 4) is 0 Å². The number of hydrogen-bond donors (Lipinski definition) is 1. The van der Waals surface area contributed by atoms with E-state index >= 15 is 0 Å². The summed E-state index contributed by atoms with van der Waals surface area (Å²) < 4.78 is 10.2. The van der Waals surface area contributed by atoms with Crippen molar-refractivity contribution < 1.29 is 13.9 Å². The van der Waals surface area contributed by atoms with Crippen LogP contribution in [0.2, 0.25) is 0 Å². The van der Waals surface area contributed by atoms with Crippen molar-refractivity contribution in [2.24, 2.45) is 5.92 Å². The van der Waals surface area contributed by atoms with Crippen molar-refractivity contribution in [1.82, 2.24) is 10.2 Å². The fourth-order valence-electron chi connectivity index (χ4n) is 2.74. The molecule has 1 aliphatic heterocycles. The third-order valence-corrected chi connectivity index (χ3v) is 4.03. The summed E-state index contributed by atoms with van der Waals surface area (Å²) >= 11 is 0. The quantitative estimate of drug-likeness (QED) is 0.806. The molecule has 20 heavy (non-hydrogen) atoms. The maximum atomic E-state index is 11.6. The van der Waals surface area contributed by atoms with Gasteiger partial charge in [0.1, 0.15) is 11.3 Å². The molecule has 0 aromatic carbocycles. The third kappa shape index (κ3) is 3.84. The second-order valence-electron chi connectivity index (χ2n) is 5.36. The highest BCUT2D eigenvalue weighted by Crippen LogP contribution is 2.22. The van der Waals surface area contributed by atoms with Crippen LogP contribution >= 0.6 is 0 Å². The number of likely N-dealkylation sites (tertiary alicyclic amines) is 1. The fraction of sp³-hybridized carbons (Fsp3) is 0.667. The Labute approximate surface area is 120 Å². The average molecular weight is 280 g/mol. The van der Waals surface area contributed by atoms with Crippen LogP contribution in [-0.2, 0) is 11.3 Å². The number of rotatable bonds is 6. The normalized spacial score (nSPS) is 17.3. The maximum absolute atomic E-state index is 11.6. The Hall–Kier alpha value is -1.33. The standard InChI is InChI=1S/C15H24N2O3/c1-16-7-3-12-4-8-17(9-5-12)11-14-13(6-10-20-14)15(18)19-2/h6,10,12,16H,3-5,7-9,11H2,1-2H3. The number of carbonyl (C=O) groups excluding carboxylic acids is 1. The molecule has 0 atom stereocenters. The van der Waals surface area contributed by atoms with Crippen LogP contribution in [0.4, 0.5) is 0 Å². The monoisotopic (exact) mass is 280 g/mol. The Morgan fingerprint density at radius 3 is 2.90 bits per heavy atom. The Kier molecular flexibility index (Phi) is 5.61. The molecule has 0 radical (unpaired) electrons. The second-order valence-corrected chi connectivity index (χ2v) is 5.36. The largest absolute Gasteiger partial charge is 0.467 e. The zero-order valence-corrected chi connectivity index (χ0v) is 12.4. The van der Waals surface area contributed by atoms with Crippen LogP contribution in [0.1, 0.15) is 35.4 Å². The van der Waals surface area contributed by atoms with Gasteiger partial charge in [-0.25, -0.2) is 4.79 Å². The van der Waals surface area contributed by atoms with Crippen LogP contribution in [0, 0.1) is 5.92 Å². The molecule has 0 bridgehead atoms. The van der Waals surface area contributed by atoms with Crippen molar-refractivity contribution in [2.45, 2.75) is 25.8 Å². The number of methoxy groups -OCH3 is 1. The highest BCUT2D eigenvalue weighted by atomic mass is 16.5. The molecule has 0 amide bonds. The third-order valence-electron chi connectivity index (χ3n) is 4.03. The number of nitrogens with zero attached hydrogens (tertiary/aromatic N) is 1. The van der Waals surface area contributed by atoms with Gasteiger partial charge in [0.15, 0.2) is 0 Å². The molecule has 1 N–H and O–H groups in total. The fourth-order valence-corrected chi connectivity index (χ4v) is 2.74. The van der Waals surface area contributed by atoms with Gasteiger partial charge in [0.25, 0.3) is 0 Å². The van der Waals surface area contributed by atoms with E-state index in [1.165, 1.54) is 26.4 Å². The molecular formula is C15H24N2O3. The van der Waals surface area contributed by atoms with Crippen LogP contribution in [0.25, 0.3) is 0 Å². The first-order chi connectivity index (χ1) is 9.74. The molecule has 5 heteroatoms. The van der Waals surface area contributed by atoms with E-state index in [0.717, 1.165) is 25.6 Å². The van der Waals surface area contributed by atoms with E-state index in [1.54, 1.807) is 12.3 Å². The van der Waals surface area contributed by atoms with E-state index in [9.17, 15) is 4.79 Å². The number of furan rings is 1. The Morgan fingerprint density at radius 2 is 2.25 bits per heavy atom. The van der Waals surface area contributed by atoms with Crippen LogP contribution in [0.15, 0.2) is 16.7 Å². The number of ether oxygens (including phenoxy) is 1. The zero-order chi connectivity index (χ0) is 14.4. The van der Waals surface area contributed by atoms with Gasteiger partial charge >= 0.3 is 5.97 Å². The van der Waals surface area contributed by atoms with E-state index in [0.29, 0.717) is 17.9 Å². The van der Waals surface area contributed by atoms with E-state index < -0.39 is 0 Å². The minimum absolute atomic E-state index is 0.322. The predicted molar refractivity (Wildman–Crippen MR) is 76.6 cm³/mol. The number of nitrogens with one attached hydrogen (secondary N) is 1. The number of piperidine rings is 1.